The van der Waals surface area contributed by atoms with Gasteiger partial charge in [0, 0.05) is 3.57 Å². The van der Waals surface area contributed by atoms with Gasteiger partial charge in [-0.1, -0.05) is 32.9 Å². The fourth-order valence-corrected chi connectivity index (χ4v) is 3.25. The zero-order valence-corrected chi connectivity index (χ0v) is 13.1. The van der Waals surface area contributed by atoms with Crippen molar-refractivity contribution in [3.05, 3.63) is 33.4 Å². The maximum atomic E-state index is 3.56. The highest BCUT2D eigenvalue weighted by molar-refractivity contribution is 14.1. The summed E-state index contributed by atoms with van der Waals surface area (Å²) < 4.78 is 1.32. The summed E-state index contributed by atoms with van der Waals surface area (Å²) in [5, 5.41) is 3.56. The third-order valence-corrected chi connectivity index (χ3v) is 4.79. The fraction of sp³-hybridized carbons (Fsp3) is 0.600. The van der Waals surface area contributed by atoms with E-state index in [0.717, 1.165) is 24.9 Å². The predicted octanol–water partition coefficient (Wildman–Crippen LogP) is 4.03. The summed E-state index contributed by atoms with van der Waals surface area (Å²) in [7, 11) is 0. The molecule has 17 heavy (non-hydrogen) atoms. The monoisotopic (exact) mass is 343 g/mol. The second-order valence-corrected chi connectivity index (χ2v) is 6.91. The molecule has 0 amide bonds. The van der Waals surface area contributed by atoms with E-state index in [4.69, 9.17) is 0 Å². The first-order valence-electron chi connectivity index (χ1n) is 6.53. The van der Waals surface area contributed by atoms with Gasteiger partial charge in [0.15, 0.2) is 0 Å². The first kappa shape index (κ1) is 13.3. The molecule has 2 unspecified atom stereocenters. The Morgan fingerprint density at radius 3 is 2.47 bits per heavy atom. The highest BCUT2D eigenvalue weighted by atomic mass is 127. The molecule has 0 aliphatic heterocycles. The topological polar surface area (TPSA) is 12.0 Å². The van der Waals surface area contributed by atoms with Crippen molar-refractivity contribution in [3.63, 3.8) is 0 Å². The van der Waals surface area contributed by atoms with E-state index < -0.39 is 0 Å². The standard InChI is InChI=1S/C15H22IN/c1-4-9-17-10-13-14(15(13,2)3)11-5-7-12(16)8-6-11/h5-8,13-14,17H,4,9-10H2,1-3H3. The molecule has 1 saturated carbocycles. The molecule has 1 aliphatic carbocycles. The summed E-state index contributed by atoms with van der Waals surface area (Å²) in [5.74, 6) is 1.54. The molecule has 0 spiro atoms. The quantitative estimate of drug-likeness (QED) is 0.629. The van der Waals surface area contributed by atoms with E-state index in [1.807, 2.05) is 0 Å². The van der Waals surface area contributed by atoms with E-state index in [2.05, 4.69) is 72.9 Å². The van der Waals surface area contributed by atoms with Crippen LogP contribution in [0.3, 0.4) is 0 Å². The SMILES string of the molecule is CCCNCC1C(c2ccc(I)cc2)C1(C)C. The Morgan fingerprint density at radius 2 is 1.88 bits per heavy atom. The number of benzene rings is 1. The summed E-state index contributed by atoms with van der Waals surface area (Å²) in [6, 6.07) is 9.05. The first-order valence-corrected chi connectivity index (χ1v) is 7.61. The number of rotatable bonds is 5. The van der Waals surface area contributed by atoms with Gasteiger partial charge in [0.2, 0.25) is 0 Å². The lowest BCUT2D eigenvalue weighted by Crippen LogP contribution is -2.19. The lowest BCUT2D eigenvalue weighted by Gasteiger charge is -2.03. The van der Waals surface area contributed by atoms with Crippen molar-refractivity contribution < 1.29 is 0 Å². The van der Waals surface area contributed by atoms with Crippen molar-refractivity contribution in [1.82, 2.24) is 5.32 Å². The average molecular weight is 343 g/mol. The van der Waals surface area contributed by atoms with Crippen LogP contribution in [-0.2, 0) is 0 Å². The van der Waals surface area contributed by atoms with E-state index in [0.29, 0.717) is 5.41 Å². The number of hydrogen-bond acceptors (Lipinski definition) is 1. The largest absolute Gasteiger partial charge is 0.316 e. The van der Waals surface area contributed by atoms with Gasteiger partial charge in [-0.15, -0.1) is 0 Å². The fourth-order valence-electron chi connectivity index (χ4n) is 2.89. The molecule has 0 bridgehead atoms. The normalized spacial score (nSPS) is 25.9. The highest BCUT2D eigenvalue weighted by Crippen LogP contribution is 2.63. The molecule has 1 fully saturated rings. The van der Waals surface area contributed by atoms with Crippen molar-refractivity contribution in [1.29, 1.82) is 0 Å². The smallest absolute Gasteiger partial charge is 0.0130 e. The Morgan fingerprint density at radius 1 is 1.24 bits per heavy atom. The van der Waals surface area contributed by atoms with Gasteiger partial charge in [-0.3, -0.25) is 0 Å². The zero-order chi connectivity index (χ0) is 12.5. The highest BCUT2D eigenvalue weighted by Gasteiger charge is 2.57. The molecule has 2 atom stereocenters. The van der Waals surface area contributed by atoms with Gasteiger partial charge in [-0.05, 0) is 77.0 Å². The van der Waals surface area contributed by atoms with Crippen LogP contribution in [0.4, 0.5) is 0 Å². The summed E-state index contributed by atoms with van der Waals surface area (Å²) in [5.41, 5.74) is 1.98. The Bertz CT molecular complexity index is 369. The Balaban J connectivity index is 2.00. The van der Waals surface area contributed by atoms with Crippen LogP contribution in [0.15, 0.2) is 24.3 Å². The van der Waals surface area contributed by atoms with Crippen molar-refractivity contribution in [2.45, 2.75) is 33.1 Å². The van der Waals surface area contributed by atoms with Crippen molar-refractivity contribution in [2.75, 3.05) is 13.1 Å². The summed E-state index contributed by atoms with van der Waals surface area (Å²) in [6.07, 6.45) is 1.22. The maximum Gasteiger partial charge on any atom is 0.0130 e. The van der Waals surface area contributed by atoms with Gasteiger partial charge in [-0.2, -0.15) is 0 Å². The second-order valence-electron chi connectivity index (χ2n) is 5.66. The Kier molecular flexibility index (Phi) is 4.14. The van der Waals surface area contributed by atoms with Crippen LogP contribution in [0.25, 0.3) is 0 Å². The Hall–Kier alpha value is -0.0900. The number of nitrogens with one attached hydrogen (secondary N) is 1. The minimum Gasteiger partial charge on any atom is -0.316 e. The minimum atomic E-state index is 0.466. The molecule has 1 N–H and O–H groups in total. The molecular formula is C15H22IN. The van der Waals surface area contributed by atoms with Gasteiger partial charge in [-0.25, -0.2) is 0 Å². The van der Waals surface area contributed by atoms with Crippen molar-refractivity contribution >= 4 is 22.6 Å². The Labute approximate surface area is 119 Å². The molecule has 1 aromatic rings. The van der Waals surface area contributed by atoms with Crippen LogP contribution in [0.5, 0.6) is 0 Å². The van der Waals surface area contributed by atoms with Gasteiger partial charge in [0.05, 0.1) is 0 Å². The molecular weight excluding hydrogens is 321 g/mol. The maximum absolute atomic E-state index is 3.56. The van der Waals surface area contributed by atoms with Gasteiger partial charge in [0.1, 0.15) is 0 Å². The van der Waals surface area contributed by atoms with Crippen LogP contribution >= 0.6 is 22.6 Å². The second kappa shape index (κ2) is 5.27. The van der Waals surface area contributed by atoms with Crippen LogP contribution in [0.2, 0.25) is 0 Å². The number of halogens is 1. The third kappa shape index (κ3) is 2.84. The molecule has 0 radical (unpaired) electrons. The minimum absolute atomic E-state index is 0.466. The summed E-state index contributed by atoms with van der Waals surface area (Å²) in [4.78, 5) is 0. The molecule has 1 aromatic carbocycles. The first-order chi connectivity index (χ1) is 8.07. The van der Waals surface area contributed by atoms with Crippen molar-refractivity contribution in [3.8, 4) is 0 Å². The van der Waals surface area contributed by atoms with E-state index in [1.54, 1.807) is 0 Å². The predicted molar refractivity (Wildman–Crippen MR) is 82.3 cm³/mol. The zero-order valence-electron chi connectivity index (χ0n) is 11.0. The summed E-state index contributed by atoms with van der Waals surface area (Å²) >= 11 is 2.37. The van der Waals surface area contributed by atoms with Gasteiger partial charge >= 0.3 is 0 Å². The number of hydrogen-bond donors (Lipinski definition) is 1. The molecule has 0 saturated heterocycles. The molecule has 94 valence electrons. The molecule has 0 heterocycles. The lowest BCUT2D eigenvalue weighted by molar-refractivity contribution is 0.518. The van der Waals surface area contributed by atoms with Crippen molar-refractivity contribution in [2.24, 2.45) is 11.3 Å². The molecule has 2 rings (SSSR count). The molecule has 1 nitrogen and oxygen atoms in total. The third-order valence-electron chi connectivity index (χ3n) is 4.07. The van der Waals surface area contributed by atoms with E-state index in [-0.39, 0.29) is 0 Å². The van der Waals surface area contributed by atoms with Crippen LogP contribution in [-0.4, -0.2) is 13.1 Å². The van der Waals surface area contributed by atoms with Crippen LogP contribution in [0, 0.1) is 14.9 Å². The average Bonchev–Trinajstić information content (AvgIpc) is 2.83. The van der Waals surface area contributed by atoms with Gasteiger partial charge < -0.3 is 5.32 Å². The lowest BCUT2D eigenvalue weighted by atomic mass is 10.0. The molecule has 0 aromatic heterocycles. The van der Waals surface area contributed by atoms with E-state index >= 15 is 0 Å². The molecule has 2 heteroatoms. The summed E-state index contributed by atoms with van der Waals surface area (Å²) in [6.45, 7) is 9.33. The van der Waals surface area contributed by atoms with Gasteiger partial charge in [0.25, 0.3) is 0 Å². The van der Waals surface area contributed by atoms with E-state index in [9.17, 15) is 0 Å². The van der Waals surface area contributed by atoms with Crippen LogP contribution < -0.4 is 5.32 Å². The molecule has 1 aliphatic rings. The van der Waals surface area contributed by atoms with Crippen LogP contribution in [0.1, 0.15) is 38.7 Å². The van der Waals surface area contributed by atoms with E-state index in [1.165, 1.54) is 15.6 Å².